The number of nitrogens with two attached hydrogens (primary N) is 1. The highest BCUT2D eigenvalue weighted by molar-refractivity contribution is 7.99. The highest BCUT2D eigenvalue weighted by atomic mass is 35.5. The van der Waals surface area contributed by atoms with Gasteiger partial charge in [0, 0.05) is 15.7 Å². The second-order valence-corrected chi connectivity index (χ2v) is 5.98. The first-order valence-corrected chi connectivity index (χ1v) is 7.42. The molecule has 1 nitrogen and oxygen atoms in total. The van der Waals surface area contributed by atoms with Crippen LogP contribution >= 0.6 is 23.4 Å². The van der Waals surface area contributed by atoms with Crippen LogP contribution in [0, 0.1) is 0 Å². The van der Waals surface area contributed by atoms with Gasteiger partial charge < -0.3 is 5.32 Å². The minimum absolute atomic E-state index is 0.821. The number of rotatable bonds is 5. The Labute approximate surface area is 107 Å². The van der Waals surface area contributed by atoms with E-state index in [4.69, 9.17) is 11.6 Å². The predicted molar refractivity (Wildman–Crippen MR) is 71.2 cm³/mol. The third kappa shape index (κ3) is 4.00. The van der Waals surface area contributed by atoms with Gasteiger partial charge in [0.1, 0.15) is 0 Å². The van der Waals surface area contributed by atoms with Gasteiger partial charge in [0.05, 0.1) is 12.6 Å². The van der Waals surface area contributed by atoms with Gasteiger partial charge in [-0.15, -0.1) is 11.8 Å². The van der Waals surface area contributed by atoms with Gasteiger partial charge in [0.2, 0.25) is 0 Å². The summed E-state index contributed by atoms with van der Waals surface area (Å²) in [6.45, 7) is 1.23. The maximum atomic E-state index is 5.84. The summed E-state index contributed by atoms with van der Waals surface area (Å²) in [5.74, 6) is 1.19. The van der Waals surface area contributed by atoms with Crippen molar-refractivity contribution in [3.8, 4) is 0 Å². The van der Waals surface area contributed by atoms with Gasteiger partial charge in [-0.3, -0.25) is 0 Å². The highest BCUT2D eigenvalue weighted by Crippen LogP contribution is 2.19. The van der Waals surface area contributed by atoms with Gasteiger partial charge in [-0.05, 0) is 49.9 Å². The Morgan fingerprint density at radius 2 is 1.88 bits per heavy atom. The van der Waals surface area contributed by atoms with Crippen molar-refractivity contribution in [2.75, 3.05) is 12.3 Å². The topological polar surface area (TPSA) is 16.6 Å². The first-order chi connectivity index (χ1) is 7.84. The molecule has 0 radical (unpaired) electrons. The molecule has 0 spiro atoms. The number of benzene rings is 1. The van der Waals surface area contributed by atoms with E-state index in [1.54, 1.807) is 0 Å². The van der Waals surface area contributed by atoms with Crippen LogP contribution in [0.15, 0.2) is 29.2 Å². The van der Waals surface area contributed by atoms with Crippen LogP contribution in [0.5, 0.6) is 0 Å². The van der Waals surface area contributed by atoms with E-state index in [9.17, 15) is 0 Å². The van der Waals surface area contributed by atoms with Crippen LogP contribution in [0.2, 0.25) is 5.02 Å². The number of quaternary nitrogens is 1. The highest BCUT2D eigenvalue weighted by Gasteiger charge is 2.16. The van der Waals surface area contributed by atoms with E-state index >= 15 is 0 Å². The van der Waals surface area contributed by atoms with Crippen LogP contribution in [0.1, 0.15) is 25.7 Å². The van der Waals surface area contributed by atoms with E-state index in [-0.39, 0.29) is 0 Å². The summed E-state index contributed by atoms with van der Waals surface area (Å²) in [6.07, 6.45) is 5.72. The normalized spacial score (nSPS) is 16.8. The second-order valence-electron chi connectivity index (χ2n) is 4.37. The van der Waals surface area contributed by atoms with Crippen molar-refractivity contribution in [1.29, 1.82) is 0 Å². The minimum Gasteiger partial charge on any atom is -0.343 e. The van der Waals surface area contributed by atoms with Crippen molar-refractivity contribution in [3.05, 3.63) is 29.3 Å². The molecule has 1 aromatic rings. The molecule has 1 saturated carbocycles. The molecule has 2 N–H and O–H groups in total. The van der Waals surface area contributed by atoms with E-state index in [1.165, 1.54) is 42.9 Å². The van der Waals surface area contributed by atoms with Crippen LogP contribution in [0.3, 0.4) is 0 Å². The fourth-order valence-electron chi connectivity index (χ4n) is 2.20. The summed E-state index contributed by atoms with van der Waals surface area (Å²) in [6, 6.07) is 9.03. The Kier molecular flexibility index (Phi) is 5.01. The van der Waals surface area contributed by atoms with Crippen molar-refractivity contribution < 1.29 is 5.32 Å². The molecule has 2 rings (SSSR count). The average Bonchev–Trinajstić information content (AvgIpc) is 2.80. The molecule has 0 heterocycles. The first kappa shape index (κ1) is 12.3. The zero-order valence-corrected chi connectivity index (χ0v) is 11.1. The summed E-state index contributed by atoms with van der Waals surface area (Å²) in [5, 5.41) is 3.34. The van der Waals surface area contributed by atoms with E-state index in [0.717, 1.165) is 11.1 Å². The van der Waals surface area contributed by atoms with E-state index in [0.29, 0.717) is 0 Å². The molecular formula is C13H19ClNS+. The molecule has 0 atom stereocenters. The maximum absolute atomic E-state index is 5.84. The third-order valence-corrected chi connectivity index (χ3v) is 4.40. The fraction of sp³-hybridized carbons (Fsp3) is 0.538. The van der Waals surface area contributed by atoms with Gasteiger partial charge >= 0.3 is 0 Å². The van der Waals surface area contributed by atoms with Gasteiger partial charge in [-0.1, -0.05) is 11.6 Å². The molecule has 1 aliphatic carbocycles. The lowest BCUT2D eigenvalue weighted by Crippen LogP contribution is -2.90. The second kappa shape index (κ2) is 6.53. The lowest BCUT2D eigenvalue weighted by Gasteiger charge is -2.07. The largest absolute Gasteiger partial charge is 0.343 e. The van der Waals surface area contributed by atoms with Gasteiger partial charge in [0.15, 0.2) is 0 Å². The Morgan fingerprint density at radius 1 is 1.19 bits per heavy atom. The first-order valence-electron chi connectivity index (χ1n) is 6.06. The number of hydrogen-bond acceptors (Lipinski definition) is 1. The van der Waals surface area contributed by atoms with E-state index in [1.807, 2.05) is 23.9 Å². The van der Waals surface area contributed by atoms with Gasteiger partial charge in [-0.2, -0.15) is 0 Å². The number of halogens is 1. The van der Waals surface area contributed by atoms with Gasteiger partial charge in [-0.25, -0.2) is 0 Å². The van der Waals surface area contributed by atoms with Crippen LogP contribution in [-0.2, 0) is 0 Å². The van der Waals surface area contributed by atoms with Crippen LogP contribution in [0.25, 0.3) is 0 Å². The molecule has 0 aliphatic heterocycles. The summed E-state index contributed by atoms with van der Waals surface area (Å²) in [7, 11) is 0. The molecule has 1 fully saturated rings. The predicted octanol–water partition coefficient (Wildman–Crippen LogP) is 2.94. The number of hydrogen-bond donors (Lipinski definition) is 1. The monoisotopic (exact) mass is 256 g/mol. The fourth-order valence-corrected chi connectivity index (χ4v) is 3.15. The summed E-state index contributed by atoms with van der Waals surface area (Å²) in [4.78, 5) is 1.32. The van der Waals surface area contributed by atoms with Gasteiger partial charge in [0.25, 0.3) is 0 Å². The molecular weight excluding hydrogens is 238 g/mol. The zero-order chi connectivity index (χ0) is 11.2. The maximum Gasteiger partial charge on any atom is 0.0859 e. The molecule has 1 aromatic carbocycles. The van der Waals surface area contributed by atoms with Crippen molar-refractivity contribution in [1.82, 2.24) is 0 Å². The molecule has 0 unspecified atom stereocenters. The average molecular weight is 257 g/mol. The lowest BCUT2D eigenvalue weighted by atomic mass is 10.2. The standard InChI is InChI=1S/C13H18ClNS/c14-11-5-7-13(8-6-11)16-10-9-15-12-3-1-2-4-12/h5-8,12,15H,1-4,9-10H2/p+1. The molecule has 16 heavy (non-hydrogen) atoms. The number of thioether (sulfide) groups is 1. The van der Waals surface area contributed by atoms with Crippen molar-refractivity contribution in [2.45, 2.75) is 36.6 Å². The van der Waals surface area contributed by atoms with E-state index < -0.39 is 0 Å². The summed E-state index contributed by atoms with van der Waals surface area (Å²) in [5.41, 5.74) is 0. The molecule has 0 aromatic heterocycles. The summed E-state index contributed by atoms with van der Waals surface area (Å²) >= 11 is 7.77. The van der Waals surface area contributed by atoms with Crippen molar-refractivity contribution in [2.24, 2.45) is 0 Å². The molecule has 0 bridgehead atoms. The zero-order valence-electron chi connectivity index (χ0n) is 9.49. The van der Waals surface area contributed by atoms with E-state index in [2.05, 4.69) is 17.4 Å². The molecule has 1 aliphatic rings. The minimum atomic E-state index is 0.821. The van der Waals surface area contributed by atoms with Crippen LogP contribution in [-0.4, -0.2) is 18.3 Å². The Balaban J connectivity index is 1.62. The SMILES string of the molecule is Clc1ccc(SCC[NH2+]C2CCCC2)cc1. The summed E-state index contributed by atoms with van der Waals surface area (Å²) < 4.78 is 0. The Bertz CT molecular complexity index is 306. The van der Waals surface area contributed by atoms with Crippen molar-refractivity contribution >= 4 is 23.4 Å². The Hall–Kier alpha value is -0.180. The smallest absolute Gasteiger partial charge is 0.0859 e. The Morgan fingerprint density at radius 3 is 2.56 bits per heavy atom. The van der Waals surface area contributed by atoms with Crippen LogP contribution < -0.4 is 5.32 Å². The van der Waals surface area contributed by atoms with Crippen LogP contribution in [0.4, 0.5) is 0 Å². The molecule has 0 amide bonds. The lowest BCUT2D eigenvalue weighted by molar-refractivity contribution is -0.684. The molecule has 3 heteroatoms. The molecule has 88 valence electrons. The third-order valence-electron chi connectivity index (χ3n) is 3.10. The quantitative estimate of drug-likeness (QED) is 0.633. The molecule has 0 saturated heterocycles. The van der Waals surface area contributed by atoms with Crippen molar-refractivity contribution in [3.63, 3.8) is 0 Å².